The highest BCUT2D eigenvalue weighted by Crippen LogP contribution is 2.23. The van der Waals surface area contributed by atoms with Crippen LogP contribution in [-0.4, -0.2) is 40.4 Å². The first-order valence-corrected chi connectivity index (χ1v) is 10.5. The van der Waals surface area contributed by atoms with Crippen LogP contribution in [0.25, 0.3) is 5.69 Å². The zero-order chi connectivity index (χ0) is 22.0. The highest BCUT2D eigenvalue weighted by Gasteiger charge is 2.26. The number of benzene rings is 2. The minimum Gasteiger partial charge on any atom is -0.349 e. The summed E-state index contributed by atoms with van der Waals surface area (Å²) in [5, 5.41) is 3.10. The Morgan fingerprint density at radius 1 is 0.968 bits per heavy atom. The van der Waals surface area contributed by atoms with Crippen molar-refractivity contribution in [2.24, 2.45) is 0 Å². The zero-order valence-corrected chi connectivity index (χ0v) is 17.8. The van der Waals surface area contributed by atoms with Gasteiger partial charge in [-0.05, 0) is 57.0 Å². The normalized spacial score (nSPS) is 14.5. The molecule has 2 aromatic carbocycles. The van der Waals surface area contributed by atoms with Crippen molar-refractivity contribution in [2.45, 2.75) is 32.7 Å². The number of hydrogen-bond donors (Lipinski definition) is 1. The Kier molecular flexibility index (Phi) is 5.89. The molecular formula is C25H26FN3O2. The summed E-state index contributed by atoms with van der Waals surface area (Å²) in [6, 6.07) is 17.6. The third-order valence-corrected chi connectivity index (χ3v) is 5.91. The summed E-state index contributed by atoms with van der Waals surface area (Å²) in [7, 11) is 0. The topological polar surface area (TPSA) is 54.3 Å². The van der Waals surface area contributed by atoms with Gasteiger partial charge in [0, 0.05) is 36.1 Å². The van der Waals surface area contributed by atoms with E-state index >= 15 is 0 Å². The second-order valence-electron chi connectivity index (χ2n) is 7.98. The fourth-order valence-corrected chi connectivity index (χ4v) is 4.25. The van der Waals surface area contributed by atoms with Crippen molar-refractivity contribution in [2.75, 3.05) is 13.1 Å². The highest BCUT2D eigenvalue weighted by atomic mass is 19.1. The van der Waals surface area contributed by atoms with E-state index in [9.17, 15) is 14.0 Å². The van der Waals surface area contributed by atoms with Crippen LogP contribution in [-0.2, 0) is 0 Å². The molecule has 0 unspecified atom stereocenters. The summed E-state index contributed by atoms with van der Waals surface area (Å²) >= 11 is 0. The number of aryl methyl sites for hydroxylation is 1. The molecule has 0 radical (unpaired) electrons. The molecule has 160 valence electrons. The second kappa shape index (κ2) is 8.76. The molecular weight excluding hydrogens is 393 g/mol. The monoisotopic (exact) mass is 419 g/mol. The van der Waals surface area contributed by atoms with E-state index in [1.54, 1.807) is 28.8 Å². The van der Waals surface area contributed by atoms with Gasteiger partial charge in [-0.25, -0.2) is 4.39 Å². The van der Waals surface area contributed by atoms with E-state index < -0.39 is 0 Å². The molecule has 0 saturated carbocycles. The Morgan fingerprint density at radius 2 is 1.61 bits per heavy atom. The SMILES string of the molecule is Cc1cc(C(=O)NC2CCN(C(=O)c3ccccc3)CC2)c(C)n1-c1ccccc1F. The molecule has 0 bridgehead atoms. The Labute approximate surface area is 181 Å². The van der Waals surface area contributed by atoms with Crippen LogP contribution in [0.1, 0.15) is 44.9 Å². The number of rotatable bonds is 4. The van der Waals surface area contributed by atoms with Gasteiger partial charge < -0.3 is 14.8 Å². The molecule has 0 spiro atoms. The number of piperidine rings is 1. The van der Waals surface area contributed by atoms with Crippen LogP contribution in [0, 0.1) is 19.7 Å². The average molecular weight is 420 g/mol. The van der Waals surface area contributed by atoms with Crippen LogP contribution in [0.2, 0.25) is 0 Å². The van der Waals surface area contributed by atoms with Crippen LogP contribution in [0.5, 0.6) is 0 Å². The number of nitrogens with one attached hydrogen (secondary N) is 1. The third-order valence-electron chi connectivity index (χ3n) is 5.91. The Morgan fingerprint density at radius 3 is 2.29 bits per heavy atom. The van der Waals surface area contributed by atoms with Crippen molar-refractivity contribution < 1.29 is 14.0 Å². The molecule has 1 aromatic heterocycles. The number of halogens is 1. The van der Waals surface area contributed by atoms with E-state index in [0.29, 0.717) is 48.4 Å². The first-order valence-electron chi connectivity index (χ1n) is 10.5. The van der Waals surface area contributed by atoms with Crippen LogP contribution >= 0.6 is 0 Å². The summed E-state index contributed by atoms with van der Waals surface area (Å²) in [6.45, 7) is 4.90. The van der Waals surface area contributed by atoms with Gasteiger partial charge >= 0.3 is 0 Å². The number of para-hydroxylation sites is 1. The van der Waals surface area contributed by atoms with Gasteiger partial charge in [0.2, 0.25) is 0 Å². The summed E-state index contributed by atoms with van der Waals surface area (Å²) in [4.78, 5) is 27.4. The van der Waals surface area contributed by atoms with Crippen molar-refractivity contribution in [3.63, 3.8) is 0 Å². The molecule has 1 saturated heterocycles. The van der Waals surface area contributed by atoms with Gasteiger partial charge in [0.15, 0.2) is 0 Å². The van der Waals surface area contributed by atoms with Gasteiger partial charge in [-0.15, -0.1) is 0 Å². The van der Waals surface area contributed by atoms with E-state index in [4.69, 9.17) is 0 Å². The summed E-state index contributed by atoms with van der Waals surface area (Å²) < 4.78 is 16.1. The molecule has 31 heavy (non-hydrogen) atoms. The van der Waals surface area contributed by atoms with Crippen molar-refractivity contribution in [3.05, 3.63) is 89.0 Å². The number of carbonyl (C=O) groups excluding carboxylic acids is 2. The van der Waals surface area contributed by atoms with Crippen LogP contribution in [0.4, 0.5) is 4.39 Å². The number of nitrogens with zero attached hydrogens (tertiary/aromatic N) is 2. The molecule has 4 rings (SSSR count). The largest absolute Gasteiger partial charge is 0.349 e. The van der Waals surface area contributed by atoms with Gasteiger partial charge in [-0.2, -0.15) is 0 Å². The van der Waals surface area contributed by atoms with Gasteiger partial charge in [0.25, 0.3) is 11.8 Å². The van der Waals surface area contributed by atoms with E-state index in [1.807, 2.05) is 49.1 Å². The Balaban J connectivity index is 1.42. The molecule has 1 aliphatic heterocycles. The van der Waals surface area contributed by atoms with Crippen molar-refractivity contribution in [3.8, 4) is 5.69 Å². The maximum absolute atomic E-state index is 14.3. The van der Waals surface area contributed by atoms with Crippen molar-refractivity contribution in [1.82, 2.24) is 14.8 Å². The van der Waals surface area contributed by atoms with Gasteiger partial charge in [-0.1, -0.05) is 30.3 Å². The molecule has 6 heteroatoms. The van der Waals surface area contributed by atoms with Gasteiger partial charge in [-0.3, -0.25) is 9.59 Å². The molecule has 1 N–H and O–H groups in total. The van der Waals surface area contributed by atoms with E-state index in [0.717, 1.165) is 5.69 Å². The standard InChI is InChI=1S/C25H26FN3O2/c1-17-16-21(18(2)29(17)23-11-7-6-10-22(23)26)24(30)27-20-12-14-28(15-13-20)25(31)19-8-4-3-5-9-19/h3-11,16,20H,12-15H2,1-2H3,(H,27,30). The first-order chi connectivity index (χ1) is 15.0. The predicted octanol–water partition coefficient (Wildman–Crippen LogP) is 4.27. The lowest BCUT2D eigenvalue weighted by atomic mass is 10.0. The van der Waals surface area contributed by atoms with E-state index in [-0.39, 0.29) is 23.7 Å². The summed E-state index contributed by atoms with van der Waals surface area (Å²) in [5.74, 6) is -0.464. The predicted molar refractivity (Wildman–Crippen MR) is 118 cm³/mol. The summed E-state index contributed by atoms with van der Waals surface area (Å²) in [5.41, 5.74) is 3.17. The van der Waals surface area contributed by atoms with E-state index in [2.05, 4.69) is 5.32 Å². The maximum atomic E-state index is 14.3. The maximum Gasteiger partial charge on any atom is 0.253 e. The number of amides is 2. The fourth-order valence-electron chi connectivity index (χ4n) is 4.25. The first kappa shape index (κ1) is 20.8. The third kappa shape index (κ3) is 4.24. The number of likely N-dealkylation sites (tertiary alicyclic amines) is 1. The fraction of sp³-hybridized carbons (Fsp3) is 0.280. The molecule has 0 atom stereocenters. The smallest absolute Gasteiger partial charge is 0.253 e. The lowest BCUT2D eigenvalue weighted by Crippen LogP contribution is -2.46. The molecule has 1 fully saturated rings. The van der Waals surface area contributed by atoms with Crippen molar-refractivity contribution >= 4 is 11.8 Å². The van der Waals surface area contributed by atoms with Gasteiger partial charge in [0.1, 0.15) is 5.82 Å². The Hall–Kier alpha value is -3.41. The molecule has 2 heterocycles. The van der Waals surface area contributed by atoms with Crippen LogP contribution < -0.4 is 5.32 Å². The lowest BCUT2D eigenvalue weighted by Gasteiger charge is -2.32. The van der Waals surface area contributed by atoms with Crippen molar-refractivity contribution in [1.29, 1.82) is 0 Å². The highest BCUT2D eigenvalue weighted by molar-refractivity contribution is 5.96. The number of aromatic nitrogens is 1. The number of hydrogen-bond acceptors (Lipinski definition) is 2. The lowest BCUT2D eigenvalue weighted by molar-refractivity contribution is 0.0698. The molecule has 0 aliphatic carbocycles. The molecule has 2 amide bonds. The van der Waals surface area contributed by atoms with Gasteiger partial charge in [0.05, 0.1) is 11.3 Å². The molecule has 1 aliphatic rings. The van der Waals surface area contributed by atoms with Crippen LogP contribution in [0.3, 0.4) is 0 Å². The quantitative estimate of drug-likeness (QED) is 0.687. The molecule has 3 aromatic rings. The zero-order valence-electron chi connectivity index (χ0n) is 17.8. The molecule has 5 nitrogen and oxygen atoms in total. The summed E-state index contributed by atoms with van der Waals surface area (Å²) in [6.07, 6.45) is 1.41. The van der Waals surface area contributed by atoms with E-state index in [1.165, 1.54) is 6.07 Å². The minimum atomic E-state index is -0.327. The number of carbonyl (C=O) groups is 2. The minimum absolute atomic E-state index is 0.00356. The van der Waals surface area contributed by atoms with Crippen LogP contribution in [0.15, 0.2) is 60.7 Å². The Bertz CT molecular complexity index is 1100. The second-order valence-corrected chi connectivity index (χ2v) is 7.98. The average Bonchev–Trinajstić information content (AvgIpc) is 3.09.